The average molecular weight is 548 g/mol. The molecule has 0 aliphatic carbocycles. The van der Waals surface area contributed by atoms with E-state index in [-0.39, 0.29) is 35.5 Å². The largest absolute Gasteiger partial charge is 0.497 e. The van der Waals surface area contributed by atoms with Crippen LogP contribution in [0.2, 0.25) is 0 Å². The van der Waals surface area contributed by atoms with Gasteiger partial charge in [0, 0.05) is 43.2 Å². The van der Waals surface area contributed by atoms with E-state index in [0.717, 1.165) is 0 Å². The molecule has 0 radical (unpaired) electrons. The third kappa shape index (κ3) is 6.04. The summed E-state index contributed by atoms with van der Waals surface area (Å²) in [6.45, 7) is 0.0302. The number of nitrogens with zero attached hydrogens (tertiary/aromatic N) is 4. The second-order valence-electron chi connectivity index (χ2n) is 8.86. The van der Waals surface area contributed by atoms with Gasteiger partial charge in [0.25, 0.3) is 23.4 Å². The van der Waals surface area contributed by atoms with Gasteiger partial charge in [-0.2, -0.15) is 0 Å². The molecule has 0 saturated carbocycles. The van der Waals surface area contributed by atoms with Crippen molar-refractivity contribution in [1.29, 1.82) is 0 Å². The Labute approximate surface area is 228 Å². The number of carboxylic acids is 1. The van der Waals surface area contributed by atoms with Crippen LogP contribution >= 0.6 is 0 Å². The number of methoxy groups -OCH3 is 1. The third-order valence-corrected chi connectivity index (χ3v) is 6.33. The van der Waals surface area contributed by atoms with Crippen molar-refractivity contribution >= 4 is 29.4 Å². The molecule has 3 amide bonds. The Morgan fingerprint density at radius 2 is 1.73 bits per heavy atom. The number of amides is 3. The van der Waals surface area contributed by atoms with Crippen LogP contribution in [0.1, 0.15) is 38.7 Å². The van der Waals surface area contributed by atoms with Crippen molar-refractivity contribution in [3.05, 3.63) is 99.9 Å². The molecule has 0 spiro atoms. The normalized spacial score (nSPS) is 15.3. The van der Waals surface area contributed by atoms with Crippen molar-refractivity contribution in [2.45, 2.75) is 18.6 Å². The molecule has 4 rings (SSSR count). The van der Waals surface area contributed by atoms with Gasteiger partial charge in [-0.3, -0.25) is 34.3 Å². The van der Waals surface area contributed by atoms with Gasteiger partial charge in [0.1, 0.15) is 5.75 Å². The first-order chi connectivity index (χ1) is 19.2. The quantitative estimate of drug-likeness (QED) is 0.301. The number of nitro benzene ring substituents is 1. The number of carbonyl (C=O) groups is 4. The summed E-state index contributed by atoms with van der Waals surface area (Å²) in [6, 6.07) is 13.4. The number of rotatable bonds is 9. The highest BCUT2D eigenvalue weighted by molar-refractivity contribution is 6.02. The van der Waals surface area contributed by atoms with Crippen molar-refractivity contribution in [1.82, 2.24) is 20.1 Å². The number of carboxylic acid groups (broad SMARTS) is 1. The van der Waals surface area contributed by atoms with E-state index in [4.69, 9.17) is 4.74 Å². The molecule has 2 aromatic carbocycles. The van der Waals surface area contributed by atoms with Crippen molar-refractivity contribution in [3.63, 3.8) is 0 Å². The SMILES string of the molecule is COc1cccc(C(=O)N2CCN(C(=O)c3cccnc3)C2C(=O)NC(CC(=O)O)c2cccc([N+](=O)[O-])c2)c1. The second kappa shape index (κ2) is 12.0. The van der Waals surface area contributed by atoms with Crippen molar-refractivity contribution in [2.75, 3.05) is 20.2 Å². The van der Waals surface area contributed by atoms with Gasteiger partial charge >= 0.3 is 5.97 Å². The van der Waals surface area contributed by atoms with E-state index in [1.54, 1.807) is 24.3 Å². The van der Waals surface area contributed by atoms with E-state index in [9.17, 15) is 34.4 Å². The number of benzene rings is 2. The molecule has 0 bridgehead atoms. The standard InChI is InChI=1S/C27H25N5O8/c1-40-21-9-3-6-18(14-21)26(36)30-11-12-31(27(37)19-7-4-10-28-16-19)25(30)24(35)29-22(15-23(33)34)17-5-2-8-20(13-17)32(38)39/h2-10,13-14,16,22,25H,11-12,15H2,1H3,(H,29,35)(H,33,34). The van der Waals surface area contributed by atoms with Crippen LogP contribution in [0.4, 0.5) is 5.69 Å². The fourth-order valence-corrected chi connectivity index (χ4v) is 4.44. The number of nitro groups is 1. The molecule has 13 nitrogen and oxygen atoms in total. The predicted octanol–water partition coefficient (Wildman–Crippen LogP) is 2.25. The van der Waals surface area contributed by atoms with Gasteiger partial charge in [0.2, 0.25) is 0 Å². The van der Waals surface area contributed by atoms with Gasteiger partial charge < -0.3 is 25.0 Å². The van der Waals surface area contributed by atoms with Crippen LogP contribution in [0.3, 0.4) is 0 Å². The summed E-state index contributed by atoms with van der Waals surface area (Å²) in [4.78, 5) is 69.4. The molecular weight excluding hydrogens is 522 g/mol. The minimum atomic E-state index is -1.44. The first-order valence-corrected chi connectivity index (χ1v) is 12.1. The molecule has 2 N–H and O–H groups in total. The minimum Gasteiger partial charge on any atom is -0.497 e. The van der Waals surface area contributed by atoms with Gasteiger partial charge in [-0.1, -0.05) is 18.2 Å². The first kappa shape index (κ1) is 27.7. The number of non-ortho nitro benzene ring substituents is 1. The lowest BCUT2D eigenvalue weighted by Crippen LogP contribution is -2.54. The maximum atomic E-state index is 13.8. The maximum absolute atomic E-state index is 13.8. The zero-order valence-electron chi connectivity index (χ0n) is 21.3. The summed E-state index contributed by atoms with van der Waals surface area (Å²) in [5, 5.41) is 23.4. The lowest BCUT2D eigenvalue weighted by atomic mass is 10.0. The molecule has 2 heterocycles. The molecule has 1 fully saturated rings. The summed E-state index contributed by atoms with van der Waals surface area (Å²) in [5.41, 5.74) is 0.301. The fraction of sp³-hybridized carbons (Fsp3) is 0.222. The lowest BCUT2D eigenvalue weighted by molar-refractivity contribution is -0.384. The summed E-state index contributed by atoms with van der Waals surface area (Å²) in [5.74, 6) is -2.79. The smallest absolute Gasteiger partial charge is 0.305 e. The van der Waals surface area contributed by atoms with Crippen molar-refractivity contribution in [2.24, 2.45) is 0 Å². The predicted molar refractivity (Wildman–Crippen MR) is 139 cm³/mol. The number of carbonyl (C=O) groups excluding carboxylic acids is 3. The molecule has 2 atom stereocenters. The van der Waals surface area contributed by atoms with Crippen molar-refractivity contribution < 1.29 is 33.9 Å². The first-order valence-electron chi connectivity index (χ1n) is 12.1. The number of pyridine rings is 1. The second-order valence-corrected chi connectivity index (χ2v) is 8.86. The van der Waals surface area contributed by atoms with E-state index < -0.39 is 47.2 Å². The van der Waals surface area contributed by atoms with Gasteiger partial charge in [0.05, 0.1) is 30.1 Å². The number of hydrogen-bond donors (Lipinski definition) is 2. The summed E-state index contributed by atoms with van der Waals surface area (Å²) < 4.78 is 5.20. The Morgan fingerprint density at radius 1 is 1.05 bits per heavy atom. The van der Waals surface area contributed by atoms with Gasteiger partial charge in [0.15, 0.2) is 6.17 Å². The molecule has 206 valence electrons. The molecule has 3 aromatic rings. The van der Waals surface area contributed by atoms with E-state index in [0.29, 0.717) is 5.75 Å². The van der Waals surface area contributed by atoms with Crippen LogP contribution in [-0.2, 0) is 9.59 Å². The van der Waals surface area contributed by atoms with Gasteiger partial charge in [-0.15, -0.1) is 0 Å². The summed E-state index contributed by atoms with van der Waals surface area (Å²) >= 11 is 0. The average Bonchev–Trinajstić information content (AvgIpc) is 3.41. The Kier molecular flexibility index (Phi) is 8.33. The van der Waals surface area contributed by atoms with E-state index >= 15 is 0 Å². The minimum absolute atomic E-state index is 0.0144. The Bertz CT molecular complexity index is 1450. The summed E-state index contributed by atoms with van der Waals surface area (Å²) in [7, 11) is 1.44. The van der Waals surface area contributed by atoms with E-state index in [1.165, 1.54) is 65.7 Å². The molecule has 1 saturated heterocycles. The molecular formula is C27H25N5O8. The van der Waals surface area contributed by atoms with Crippen LogP contribution < -0.4 is 10.1 Å². The molecule has 13 heteroatoms. The molecule has 1 aliphatic heterocycles. The molecule has 40 heavy (non-hydrogen) atoms. The zero-order valence-corrected chi connectivity index (χ0v) is 21.3. The topological polar surface area (TPSA) is 172 Å². The molecule has 1 aromatic heterocycles. The van der Waals surface area contributed by atoms with Crippen LogP contribution in [0.5, 0.6) is 5.75 Å². The van der Waals surface area contributed by atoms with Crippen LogP contribution in [0, 0.1) is 10.1 Å². The number of aliphatic carboxylic acids is 1. The monoisotopic (exact) mass is 547 g/mol. The molecule has 2 unspecified atom stereocenters. The number of nitrogens with one attached hydrogen (secondary N) is 1. The van der Waals surface area contributed by atoms with Gasteiger partial charge in [-0.05, 0) is 35.9 Å². The number of ether oxygens (including phenoxy) is 1. The lowest BCUT2D eigenvalue weighted by Gasteiger charge is -2.31. The highest BCUT2D eigenvalue weighted by Gasteiger charge is 2.44. The Balaban J connectivity index is 1.70. The van der Waals surface area contributed by atoms with Crippen molar-refractivity contribution in [3.8, 4) is 5.75 Å². The highest BCUT2D eigenvalue weighted by atomic mass is 16.6. The molecule has 1 aliphatic rings. The van der Waals surface area contributed by atoms with Crippen LogP contribution in [-0.4, -0.2) is 74.9 Å². The zero-order chi connectivity index (χ0) is 28.8. The van der Waals surface area contributed by atoms with Crippen LogP contribution in [0.15, 0.2) is 73.1 Å². The number of aromatic nitrogens is 1. The summed E-state index contributed by atoms with van der Waals surface area (Å²) in [6.07, 6.45) is 0.778. The highest BCUT2D eigenvalue weighted by Crippen LogP contribution is 2.26. The fourth-order valence-electron chi connectivity index (χ4n) is 4.44. The van der Waals surface area contributed by atoms with Crippen LogP contribution in [0.25, 0.3) is 0 Å². The van der Waals surface area contributed by atoms with E-state index in [2.05, 4.69) is 10.3 Å². The Morgan fingerprint density at radius 3 is 2.35 bits per heavy atom. The Hall–Kier alpha value is -5.33. The van der Waals surface area contributed by atoms with Gasteiger partial charge in [-0.25, -0.2) is 0 Å². The third-order valence-electron chi connectivity index (χ3n) is 6.33. The maximum Gasteiger partial charge on any atom is 0.305 e. The van der Waals surface area contributed by atoms with E-state index in [1.807, 2.05) is 0 Å². The number of hydrogen-bond acceptors (Lipinski definition) is 8.